The van der Waals surface area contributed by atoms with Crippen LogP contribution < -0.4 is 5.32 Å². The lowest BCUT2D eigenvalue weighted by molar-refractivity contribution is -0.183. The van der Waals surface area contributed by atoms with E-state index in [1.165, 1.54) is 6.07 Å². The highest BCUT2D eigenvalue weighted by Crippen LogP contribution is 2.38. The molecule has 0 bridgehead atoms. The molecule has 1 aromatic carbocycles. The molecule has 0 aliphatic carbocycles. The molecule has 0 aromatic heterocycles. The van der Waals surface area contributed by atoms with E-state index in [1.807, 2.05) is 0 Å². The van der Waals surface area contributed by atoms with E-state index in [1.54, 1.807) is 0 Å². The summed E-state index contributed by atoms with van der Waals surface area (Å²) in [5.74, 6) is -3.43. The summed E-state index contributed by atoms with van der Waals surface area (Å²) in [6.07, 6.45) is -4.36. The molecule has 1 N–H and O–H groups in total. The van der Waals surface area contributed by atoms with Gasteiger partial charge >= 0.3 is 6.18 Å². The predicted molar refractivity (Wildman–Crippen MR) is 55.9 cm³/mol. The number of benzene rings is 1. The van der Waals surface area contributed by atoms with E-state index in [9.17, 15) is 22.0 Å². The minimum absolute atomic E-state index is 0.0175. The Bertz CT molecular complexity index is 429. The summed E-state index contributed by atoms with van der Waals surface area (Å²) in [5, 5.41) is 2.90. The second-order valence-corrected chi connectivity index (χ2v) is 4.44. The van der Waals surface area contributed by atoms with Crippen LogP contribution in [0.1, 0.15) is 24.4 Å². The first-order chi connectivity index (χ1) is 8.38. The molecule has 1 heterocycles. The zero-order valence-corrected chi connectivity index (χ0v) is 9.40. The van der Waals surface area contributed by atoms with Crippen molar-refractivity contribution in [2.45, 2.75) is 25.1 Å². The van der Waals surface area contributed by atoms with Gasteiger partial charge in [0.1, 0.15) is 0 Å². The van der Waals surface area contributed by atoms with Gasteiger partial charge in [-0.05, 0) is 37.1 Å². The standard InChI is InChI=1S/C12H12F5N/c13-9-2-1-7(5-10(9)14)11-6-8(3-4-18-11)12(15,16)17/h1-2,5,8,11,18H,3-4,6H2. The van der Waals surface area contributed by atoms with Gasteiger partial charge < -0.3 is 5.32 Å². The van der Waals surface area contributed by atoms with Gasteiger partial charge in [0.15, 0.2) is 11.6 Å². The highest BCUT2D eigenvalue weighted by molar-refractivity contribution is 5.22. The molecule has 1 aliphatic rings. The predicted octanol–water partition coefficient (Wildman–Crippen LogP) is 3.57. The summed E-state index contributed by atoms with van der Waals surface area (Å²) in [5.41, 5.74) is 0.350. The molecule has 6 heteroatoms. The van der Waals surface area contributed by atoms with Crippen molar-refractivity contribution in [3.8, 4) is 0 Å². The first-order valence-corrected chi connectivity index (χ1v) is 5.63. The average Bonchev–Trinajstić information content (AvgIpc) is 2.32. The molecule has 2 rings (SSSR count). The molecule has 1 saturated heterocycles. The van der Waals surface area contributed by atoms with Gasteiger partial charge in [-0.15, -0.1) is 0 Å². The number of alkyl halides is 3. The van der Waals surface area contributed by atoms with Gasteiger partial charge in [-0.1, -0.05) is 6.07 Å². The maximum absolute atomic E-state index is 13.0. The molecule has 1 fully saturated rings. The Kier molecular flexibility index (Phi) is 3.56. The van der Waals surface area contributed by atoms with Gasteiger partial charge in [-0.2, -0.15) is 13.2 Å². The smallest absolute Gasteiger partial charge is 0.310 e. The van der Waals surface area contributed by atoms with E-state index in [2.05, 4.69) is 5.32 Å². The Balaban J connectivity index is 2.15. The lowest BCUT2D eigenvalue weighted by Crippen LogP contribution is -2.38. The van der Waals surface area contributed by atoms with Crippen LogP contribution in [0.2, 0.25) is 0 Å². The van der Waals surface area contributed by atoms with Crippen LogP contribution in [0.4, 0.5) is 22.0 Å². The molecule has 2 unspecified atom stereocenters. The molecular weight excluding hydrogens is 253 g/mol. The molecule has 0 amide bonds. The third-order valence-corrected chi connectivity index (χ3v) is 3.21. The zero-order valence-electron chi connectivity index (χ0n) is 9.40. The second-order valence-electron chi connectivity index (χ2n) is 4.44. The maximum Gasteiger partial charge on any atom is 0.391 e. The largest absolute Gasteiger partial charge is 0.391 e. The van der Waals surface area contributed by atoms with Crippen LogP contribution >= 0.6 is 0 Å². The Morgan fingerprint density at radius 3 is 2.44 bits per heavy atom. The van der Waals surface area contributed by atoms with Crippen molar-refractivity contribution in [1.29, 1.82) is 0 Å². The minimum atomic E-state index is -4.24. The molecular formula is C12H12F5N. The first kappa shape index (κ1) is 13.3. The quantitative estimate of drug-likeness (QED) is 0.765. The topological polar surface area (TPSA) is 12.0 Å². The van der Waals surface area contributed by atoms with Crippen LogP contribution in [0.25, 0.3) is 0 Å². The fourth-order valence-corrected chi connectivity index (χ4v) is 2.20. The fraction of sp³-hybridized carbons (Fsp3) is 0.500. The molecule has 0 radical (unpaired) electrons. The van der Waals surface area contributed by atoms with Crippen molar-refractivity contribution in [3.05, 3.63) is 35.4 Å². The number of nitrogens with one attached hydrogen (secondary N) is 1. The maximum atomic E-state index is 13.0. The van der Waals surface area contributed by atoms with Crippen LogP contribution in [0.15, 0.2) is 18.2 Å². The lowest BCUT2D eigenvalue weighted by atomic mass is 9.88. The molecule has 0 spiro atoms. The second kappa shape index (κ2) is 4.84. The minimum Gasteiger partial charge on any atom is -0.310 e. The van der Waals surface area contributed by atoms with Crippen LogP contribution in [0, 0.1) is 17.6 Å². The van der Waals surface area contributed by atoms with Gasteiger partial charge in [-0.25, -0.2) is 8.78 Å². The van der Waals surface area contributed by atoms with Crippen LogP contribution in [0.5, 0.6) is 0 Å². The molecule has 18 heavy (non-hydrogen) atoms. The number of rotatable bonds is 1. The SMILES string of the molecule is Fc1ccc(C2CC(C(F)(F)F)CCN2)cc1F. The molecule has 2 atom stereocenters. The van der Waals surface area contributed by atoms with E-state index >= 15 is 0 Å². The third-order valence-electron chi connectivity index (χ3n) is 3.21. The highest BCUT2D eigenvalue weighted by atomic mass is 19.4. The Labute approximate surface area is 101 Å². The summed E-state index contributed by atoms with van der Waals surface area (Å²) in [4.78, 5) is 0. The Hall–Kier alpha value is -1.17. The Morgan fingerprint density at radius 2 is 1.83 bits per heavy atom. The van der Waals surface area contributed by atoms with Crippen LogP contribution in [-0.2, 0) is 0 Å². The lowest BCUT2D eigenvalue weighted by Gasteiger charge is -2.31. The number of hydrogen-bond acceptors (Lipinski definition) is 1. The van der Waals surface area contributed by atoms with Crippen LogP contribution in [-0.4, -0.2) is 12.7 Å². The molecule has 1 aliphatic heterocycles. The van der Waals surface area contributed by atoms with Crippen molar-refractivity contribution >= 4 is 0 Å². The summed E-state index contributed by atoms with van der Waals surface area (Å²) in [6, 6.07) is 2.62. The van der Waals surface area contributed by atoms with Crippen LogP contribution in [0.3, 0.4) is 0 Å². The van der Waals surface area contributed by atoms with E-state index in [-0.39, 0.29) is 19.4 Å². The van der Waals surface area contributed by atoms with Gasteiger partial charge in [0.2, 0.25) is 0 Å². The number of halogens is 5. The third kappa shape index (κ3) is 2.80. The fourth-order valence-electron chi connectivity index (χ4n) is 2.20. The van der Waals surface area contributed by atoms with Crippen molar-refractivity contribution in [2.24, 2.45) is 5.92 Å². The molecule has 100 valence electrons. The van der Waals surface area contributed by atoms with Gasteiger partial charge in [0.25, 0.3) is 0 Å². The van der Waals surface area contributed by atoms with E-state index in [4.69, 9.17) is 0 Å². The van der Waals surface area contributed by atoms with Crippen molar-refractivity contribution in [1.82, 2.24) is 5.32 Å². The molecule has 1 aromatic rings. The van der Waals surface area contributed by atoms with Crippen molar-refractivity contribution < 1.29 is 22.0 Å². The summed E-state index contributed by atoms with van der Waals surface area (Å²) < 4.78 is 63.6. The van der Waals surface area contributed by atoms with E-state index in [0.29, 0.717) is 5.56 Å². The monoisotopic (exact) mass is 265 g/mol. The number of hydrogen-bond donors (Lipinski definition) is 1. The van der Waals surface area contributed by atoms with Crippen molar-refractivity contribution in [3.63, 3.8) is 0 Å². The Morgan fingerprint density at radius 1 is 1.11 bits per heavy atom. The first-order valence-electron chi connectivity index (χ1n) is 5.63. The molecule has 1 nitrogen and oxygen atoms in total. The van der Waals surface area contributed by atoms with Crippen molar-refractivity contribution in [2.75, 3.05) is 6.54 Å². The van der Waals surface area contributed by atoms with Gasteiger partial charge in [-0.3, -0.25) is 0 Å². The highest BCUT2D eigenvalue weighted by Gasteiger charge is 2.42. The van der Waals surface area contributed by atoms with E-state index < -0.39 is 29.8 Å². The van der Waals surface area contributed by atoms with Gasteiger partial charge in [0, 0.05) is 6.04 Å². The molecule has 0 saturated carbocycles. The van der Waals surface area contributed by atoms with Gasteiger partial charge in [0.05, 0.1) is 5.92 Å². The average molecular weight is 265 g/mol. The van der Waals surface area contributed by atoms with E-state index in [0.717, 1.165) is 12.1 Å². The normalized spacial score (nSPS) is 25.2. The summed E-state index contributed by atoms with van der Waals surface area (Å²) in [7, 11) is 0. The number of piperidine rings is 1. The zero-order chi connectivity index (χ0) is 13.3. The summed E-state index contributed by atoms with van der Waals surface area (Å²) >= 11 is 0. The summed E-state index contributed by atoms with van der Waals surface area (Å²) in [6.45, 7) is 0.216.